The predicted molar refractivity (Wildman–Crippen MR) is 120 cm³/mol. The summed E-state index contributed by atoms with van der Waals surface area (Å²) >= 11 is 0. The molecular formula is C20H18FN9O2S. The van der Waals surface area contributed by atoms with Crippen LogP contribution in [-0.2, 0) is 10.0 Å². The molecule has 0 spiro atoms. The van der Waals surface area contributed by atoms with Crippen molar-refractivity contribution in [1.29, 1.82) is 5.26 Å². The quantitative estimate of drug-likeness (QED) is 0.386. The van der Waals surface area contributed by atoms with Crippen LogP contribution in [0.25, 0.3) is 16.7 Å². The molecule has 0 radical (unpaired) electrons. The molecule has 11 nitrogen and oxygen atoms in total. The molecule has 0 amide bonds. The summed E-state index contributed by atoms with van der Waals surface area (Å²) in [5.41, 5.74) is 7.48. The highest BCUT2D eigenvalue weighted by molar-refractivity contribution is 7.92. The number of nitrogens with one attached hydrogen (secondary N) is 2. The van der Waals surface area contributed by atoms with E-state index in [1.165, 1.54) is 36.9 Å². The van der Waals surface area contributed by atoms with E-state index in [2.05, 4.69) is 30.0 Å². The number of nitrogens with two attached hydrogens (primary N) is 1. The maximum absolute atomic E-state index is 14.1. The largest absolute Gasteiger partial charge is 0.382 e. The average Bonchev–Trinajstić information content (AvgIpc) is 3.11. The van der Waals surface area contributed by atoms with E-state index in [0.717, 1.165) is 6.26 Å². The molecule has 168 valence electrons. The average molecular weight is 467 g/mol. The molecule has 0 saturated carbocycles. The first kappa shape index (κ1) is 21.9. The third-order valence-electron chi connectivity index (χ3n) is 4.66. The first-order valence-electron chi connectivity index (χ1n) is 9.54. The van der Waals surface area contributed by atoms with Crippen molar-refractivity contribution in [3.8, 4) is 11.8 Å². The normalized spacial score (nSPS) is 12.3. The van der Waals surface area contributed by atoms with E-state index in [1.54, 1.807) is 17.6 Å². The van der Waals surface area contributed by atoms with Crippen molar-refractivity contribution < 1.29 is 12.8 Å². The van der Waals surface area contributed by atoms with Gasteiger partial charge in [-0.15, -0.1) is 0 Å². The van der Waals surface area contributed by atoms with Gasteiger partial charge in [-0.1, -0.05) is 0 Å². The van der Waals surface area contributed by atoms with Gasteiger partial charge in [0.1, 0.15) is 41.2 Å². The summed E-state index contributed by atoms with van der Waals surface area (Å²) < 4.78 is 41.4. The van der Waals surface area contributed by atoms with Gasteiger partial charge in [0.2, 0.25) is 10.0 Å². The lowest BCUT2D eigenvalue weighted by Crippen LogP contribution is -2.16. The molecule has 0 aliphatic carbocycles. The SMILES string of the molecule is C[C@H](Nc1ncnc(N)c1C#N)c1nc2ccc(F)cc2n1-c1cncc(NS(C)(=O)=O)c1. The summed E-state index contributed by atoms with van der Waals surface area (Å²) in [6.07, 6.45) is 5.11. The Labute approximate surface area is 188 Å². The fourth-order valence-corrected chi connectivity index (χ4v) is 3.88. The van der Waals surface area contributed by atoms with Gasteiger partial charge in [0, 0.05) is 6.07 Å². The summed E-state index contributed by atoms with van der Waals surface area (Å²) in [6.45, 7) is 1.78. The van der Waals surface area contributed by atoms with Gasteiger partial charge in [-0.3, -0.25) is 14.3 Å². The number of hydrogen-bond acceptors (Lipinski definition) is 9. The fourth-order valence-electron chi connectivity index (χ4n) is 3.34. The highest BCUT2D eigenvalue weighted by Crippen LogP contribution is 2.29. The summed E-state index contributed by atoms with van der Waals surface area (Å²) in [4.78, 5) is 16.6. The number of hydrogen-bond donors (Lipinski definition) is 3. The van der Waals surface area contributed by atoms with E-state index in [0.29, 0.717) is 22.5 Å². The van der Waals surface area contributed by atoms with E-state index in [-0.39, 0.29) is 22.9 Å². The Morgan fingerprint density at radius 2 is 2.03 bits per heavy atom. The molecule has 4 N–H and O–H groups in total. The number of fused-ring (bicyclic) bond motifs is 1. The van der Waals surface area contributed by atoms with Crippen LogP contribution in [0.4, 0.5) is 21.7 Å². The molecule has 0 fully saturated rings. The van der Waals surface area contributed by atoms with Crippen LogP contribution in [0, 0.1) is 17.1 Å². The van der Waals surface area contributed by atoms with E-state index < -0.39 is 21.9 Å². The number of halogens is 1. The van der Waals surface area contributed by atoms with Crippen LogP contribution in [-0.4, -0.2) is 39.2 Å². The number of imidazole rings is 1. The Morgan fingerprint density at radius 3 is 2.76 bits per heavy atom. The maximum atomic E-state index is 14.1. The second-order valence-corrected chi connectivity index (χ2v) is 8.95. The number of benzene rings is 1. The van der Waals surface area contributed by atoms with Crippen LogP contribution >= 0.6 is 0 Å². The van der Waals surface area contributed by atoms with Gasteiger partial charge in [-0.25, -0.2) is 27.8 Å². The van der Waals surface area contributed by atoms with E-state index >= 15 is 0 Å². The summed E-state index contributed by atoms with van der Waals surface area (Å²) in [5, 5.41) is 12.5. The van der Waals surface area contributed by atoms with Gasteiger partial charge in [0.05, 0.1) is 47.1 Å². The monoisotopic (exact) mass is 467 g/mol. The third kappa shape index (κ3) is 4.51. The summed E-state index contributed by atoms with van der Waals surface area (Å²) in [7, 11) is -3.53. The summed E-state index contributed by atoms with van der Waals surface area (Å²) in [5.74, 6) is 0.217. The van der Waals surface area contributed by atoms with Crippen LogP contribution < -0.4 is 15.8 Å². The van der Waals surface area contributed by atoms with E-state index in [9.17, 15) is 18.1 Å². The molecular weight excluding hydrogens is 449 g/mol. The summed E-state index contributed by atoms with van der Waals surface area (Å²) in [6, 6.07) is 7.13. The van der Waals surface area contributed by atoms with E-state index in [4.69, 9.17) is 5.73 Å². The Bertz CT molecular complexity index is 1510. The van der Waals surface area contributed by atoms with Crippen LogP contribution in [0.5, 0.6) is 0 Å². The minimum absolute atomic E-state index is 0.0292. The number of nitriles is 1. The second kappa shape index (κ2) is 8.32. The first-order valence-corrected chi connectivity index (χ1v) is 11.4. The molecule has 0 aliphatic heterocycles. The van der Waals surface area contributed by atoms with Gasteiger partial charge in [-0.05, 0) is 25.1 Å². The van der Waals surface area contributed by atoms with Crippen molar-refractivity contribution in [2.24, 2.45) is 0 Å². The molecule has 1 atom stereocenters. The Kier molecular flexibility index (Phi) is 5.52. The highest BCUT2D eigenvalue weighted by atomic mass is 32.2. The number of sulfonamides is 1. The number of nitrogen functional groups attached to an aromatic ring is 1. The number of anilines is 3. The van der Waals surface area contributed by atoms with Crippen molar-refractivity contribution in [3.05, 3.63) is 60.2 Å². The van der Waals surface area contributed by atoms with E-state index in [1.807, 2.05) is 6.07 Å². The molecule has 4 aromatic rings. The third-order valence-corrected chi connectivity index (χ3v) is 5.26. The topological polar surface area (TPSA) is 164 Å². The first-order chi connectivity index (χ1) is 15.7. The number of rotatable bonds is 6. The van der Waals surface area contributed by atoms with Gasteiger partial charge in [-0.2, -0.15) is 5.26 Å². The molecule has 4 rings (SSSR count). The molecule has 1 aromatic carbocycles. The lowest BCUT2D eigenvalue weighted by molar-refractivity contribution is 0.606. The van der Waals surface area contributed by atoms with Crippen molar-refractivity contribution in [3.63, 3.8) is 0 Å². The van der Waals surface area contributed by atoms with Crippen molar-refractivity contribution >= 4 is 38.4 Å². The van der Waals surface area contributed by atoms with Crippen LogP contribution in [0.2, 0.25) is 0 Å². The molecule has 0 aliphatic rings. The van der Waals surface area contributed by atoms with Crippen LogP contribution in [0.1, 0.15) is 24.4 Å². The lowest BCUT2D eigenvalue weighted by atomic mass is 10.2. The Balaban J connectivity index is 1.85. The van der Waals surface area contributed by atoms with Crippen LogP contribution in [0.15, 0.2) is 43.0 Å². The minimum Gasteiger partial charge on any atom is -0.382 e. The maximum Gasteiger partial charge on any atom is 0.229 e. The smallest absolute Gasteiger partial charge is 0.229 e. The number of pyridine rings is 1. The van der Waals surface area contributed by atoms with Crippen LogP contribution in [0.3, 0.4) is 0 Å². The number of aromatic nitrogens is 5. The zero-order valence-corrected chi connectivity index (χ0v) is 18.3. The Morgan fingerprint density at radius 1 is 1.24 bits per heavy atom. The van der Waals surface area contributed by atoms with Crippen molar-refractivity contribution in [2.75, 3.05) is 22.0 Å². The molecule has 33 heavy (non-hydrogen) atoms. The predicted octanol–water partition coefficient (Wildman–Crippen LogP) is 2.35. The molecule has 3 heterocycles. The lowest BCUT2D eigenvalue weighted by Gasteiger charge is -2.18. The highest BCUT2D eigenvalue weighted by Gasteiger charge is 2.21. The molecule has 0 unspecified atom stereocenters. The fraction of sp³-hybridized carbons (Fsp3) is 0.150. The second-order valence-electron chi connectivity index (χ2n) is 7.20. The van der Waals surface area contributed by atoms with Gasteiger partial charge in [0.15, 0.2) is 0 Å². The van der Waals surface area contributed by atoms with Crippen molar-refractivity contribution in [2.45, 2.75) is 13.0 Å². The molecule has 0 saturated heterocycles. The van der Waals surface area contributed by atoms with Gasteiger partial charge < -0.3 is 11.1 Å². The van der Waals surface area contributed by atoms with Crippen molar-refractivity contribution in [1.82, 2.24) is 24.5 Å². The zero-order chi connectivity index (χ0) is 23.8. The van der Waals surface area contributed by atoms with Gasteiger partial charge >= 0.3 is 0 Å². The number of nitrogens with zero attached hydrogens (tertiary/aromatic N) is 6. The molecule has 13 heteroatoms. The molecule has 3 aromatic heterocycles. The Hall–Kier alpha value is -4.31. The zero-order valence-electron chi connectivity index (χ0n) is 17.5. The minimum atomic E-state index is -3.53. The standard InChI is InChI=1S/C20H18FN9O2S/c1-11(27-19-15(7-22)18(23)25-10-26-19)20-28-16-4-3-12(21)5-17(16)30(20)14-6-13(8-24-9-14)29-33(2,31)32/h3-6,8-11,29H,1-2H3,(H3,23,25,26,27)/t11-/m0/s1. The van der Waals surface area contributed by atoms with Gasteiger partial charge in [0.25, 0.3) is 0 Å². The molecule has 0 bridgehead atoms.